The van der Waals surface area contributed by atoms with Crippen LogP contribution in [-0.2, 0) is 4.79 Å². The summed E-state index contributed by atoms with van der Waals surface area (Å²) in [6, 6.07) is 4.17. The molecule has 2 aromatic rings. The van der Waals surface area contributed by atoms with Gasteiger partial charge in [0.05, 0.1) is 18.3 Å². The Morgan fingerprint density at radius 1 is 1.33 bits per heavy atom. The van der Waals surface area contributed by atoms with Crippen molar-refractivity contribution in [2.24, 2.45) is 5.92 Å². The fraction of sp³-hybridized carbons (Fsp3) is 0.500. The number of carbonyl (C=O) groups is 2. The van der Waals surface area contributed by atoms with Gasteiger partial charge in [-0.3, -0.25) is 9.59 Å². The largest absolute Gasteiger partial charge is 0.481 e. The van der Waals surface area contributed by atoms with Gasteiger partial charge in [0.25, 0.3) is 5.91 Å². The normalized spacial score (nSPS) is 23.6. The number of aliphatic carboxylic acids is 1. The van der Waals surface area contributed by atoms with E-state index in [4.69, 9.17) is 0 Å². The molecule has 2 aromatic heterocycles. The molecule has 126 valence electrons. The van der Waals surface area contributed by atoms with Crippen molar-refractivity contribution in [1.29, 1.82) is 0 Å². The number of aromatic nitrogens is 4. The number of aromatic amines is 1. The molecule has 1 saturated heterocycles. The highest BCUT2D eigenvalue weighted by molar-refractivity contribution is 5.93. The van der Waals surface area contributed by atoms with E-state index in [-0.39, 0.29) is 24.2 Å². The molecule has 2 fully saturated rings. The SMILES string of the molecule is O=C(O)C[C@@H]1CN(C(=O)c2cccn2C2CC2)C[C@@H]1c1cn[nH]n1. The quantitative estimate of drug-likeness (QED) is 0.859. The van der Waals surface area contributed by atoms with E-state index in [1.165, 1.54) is 0 Å². The predicted molar refractivity (Wildman–Crippen MR) is 83.5 cm³/mol. The second kappa shape index (κ2) is 5.77. The van der Waals surface area contributed by atoms with Crippen LogP contribution in [0.3, 0.4) is 0 Å². The molecule has 4 rings (SSSR count). The first-order chi connectivity index (χ1) is 11.6. The van der Waals surface area contributed by atoms with Gasteiger partial charge >= 0.3 is 5.97 Å². The molecule has 8 heteroatoms. The average Bonchev–Trinajstić information content (AvgIpc) is 2.98. The minimum absolute atomic E-state index is 0.0188. The van der Waals surface area contributed by atoms with E-state index in [9.17, 15) is 14.7 Å². The molecule has 2 atom stereocenters. The summed E-state index contributed by atoms with van der Waals surface area (Å²) in [6.45, 7) is 0.900. The first-order valence-corrected chi connectivity index (χ1v) is 8.17. The van der Waals surface area contributed by atoms with Crippen LogP contribution in [0.2, 0.25) is 0 Å². The van der Waals surface area contributed by atoms with E-state index in [1.54, 1.807) is 11.1 Å². The Kier molecular flexibility index (Phi) is 3.59. The molecule has 1 saturated carbocycles. The Morgan fingerprint density at radius 3 is 2.83 bits per heavy atom. The average molecular weight is 329 g/mol. The van der Waals surface area contributed by atoms with Gasteiger partial charge in [0.1, 0.15) is 5.69 Å². The topological polar surface area (TPSA) is 104 Å². The fourth-order valence-corrected chi connectivity index (χ4v) is 3.60. The number of H-pyrrole nitrogens is 1. The van der Waals surface area contributed by atoms with Gasteiger partial charge in [0.15, 0.2) is 0 Å². The van der Waals surface area contributed by atoms with Crippen LogP contribution in [0, 0.1) is 5.92 Å². The van der Waals surface area contributed by atoms with Crippen molar-refractivity contribution in [2.45, 2.75) is 31.2 Å². The second-order valence-electron chi connectivity index (χ2n) is 6.60. The molecule has 0 radical (unpaired) electrons. The van der Waals surface area contributed by atoms with Gasteiger partial charge < -0.3 is 14.6 Å². The van der Waals surface area contributed by atoms with Crippen molar-refractivity contribution in [1.82, 2.24) is 24.9 Å². The number of amides is 1. The third-order valence-corrected chi connectivity index (χ3v) is 4.92. The summed E-state index contributed by atoms with van der Waals surface area (Å²) in [5, 5.41) is 19.7. The number of rotatable bonds is 5. The molecule has 0 bridgehead atoms. The Balaban J connectivity index is 1.56. The van der Waals surface area contributed by atoms with Gasteiger partial charge in [-0.05, 0) is 30.9 Å². The van der Waals surface area contributed by atoms with Crippen molar-refractivity contribution >= 4 is 11.9 Å². The predicted octanol–water partition coefficient (Wildman–Crippen LogP) is 1.27. The van der Waals surface area contributed by atoms with E-state index in [0.29, 0.717) is 30.5 Å². The van der Waals surface area contributed by atoms with E-state index in [0.717, 1.165) is 12.8 Å². The van der Waals surface area contributed by atoms with Crippen LogP contribution in [0.4, 0.5) is 0 Å². The number of carboxylic acids is 1. The third-order valence-electron chi connectivity index (χ3n) is 4.92. The lowest BCUT2D eigenvalue weighted by molar-refractivity contribution is -0.138. The zero-order chi connectivity index (χ0) is 16.7. The van der Waals surface area contributed by atoms with Gasteiger partial charge in [0.2, 0.25) is 0 Å². The molecular formula is C16H19N5O3. The summed E-state index contributed by atoms with van der Waals surface area (Å²) in [6.07, 6.45) is 5.80. The molecule has 3 heterocycles. The molecule has 0 aromatic carbocycles. The molecule has 2 aliphatic rings. The highest BCUT2D eigenvalue weighted by Gasteiger charge is 2.40. The lowest BCUT2D eigenvalue weighted by Crippen LogP contribution is -2.30. The number of hydrogen-bond donors (Lipinski definition) is 2. The maximum absolute atomic E-state index is 12.9. The summed E-state index contributed by atoms with van der Waals surface area (Å²) in [7, 11) is 0. The molecule has 8 nitrogen and oxygen atoms in total. The zero-order valence-electron chi connectivity index (χ0n) is 13.1. The van der Waals surface area contributed by atoms with E-state index >= 15 is 0 Å². The van der Waals surface area contributed by atoms with Gasteiger partial charge in [-0.1, -0.05) is 0 Å². The molecular weight excluding hydrogens is 310 g/mol. The summed E-state index contributed by atoms with van der Waals surface area (Å²) >= 11 is 0. The van der Waals surface area contributed by atoms with Crippen molar-refractivity contribution in [3.8, 4) is 0 Å². The monoisotopic (exact) mass is 329 g/mol. The lowest BCUT2D eigenvalue weighted by Gasteiger charge is -2.17. The number of nitrogens with one attached hydrogen (secondary N) is 1. The first kappa shape index (κ1) is 14.9. The van der Waals surface area contributed by atoms with Gasteiger partial charge in [0, 0.05) is 31.2 Å². The van der Waals surface area contributed by atoms with Crippen LogP contribution in [0.25, 0.3) is 0 Å². The smallest absolute Gasteiger partial charge is 0.303 e. The molecule has 0 spiro atoms. The highest BCUT2D eigenvalue weighted by atomic mass is 16.4. The Bertz CT molecular complexity index is 750. The summed E-state index contributed by atoms with van der Waals surface area (Å²) in [5.41, 5.74) is 1.40. The van der Waals surface area contributed by atoms with Gasteiger partial charge in [-0.2, -0.15) is 15.4 Å². The maximum atomic E-state index is 12.9. The minimum atomic E-state index is -0.857. The maximum Gasteiger partial charge on any atom is 0.303 e. The van der Waals surface area contributed by atoms with Gasteiger partial charge in [-0.15, -0.1) is 0 Å². The van der Waals surface area contributed by atoms with E-state index < -0.39 is 5.97 Å². The summed E-state index contributed by atoms with van der Waals surface area (Å²) in [4.78, 5) is 25.8. The molecule has 24 heavy (non-hydrogen) atoms. The molecule has 0 unspecified atom stereocenters. The van der Waals surface area contributed by atoms with E-state index in [1.807, 2.05) is 22.9 Å². The van der Waals surface area contributed by atoms with Crippen molar-refractivity contribution in [2.75, 3.05) is 13.1 Å². The van der Waals surface area contributed by atoms with Crippen LogP contribution >= 0.6 is 0 Å². The van der Waals surface area contributed by atoms with Crippen molar-refractivity contribution in [3.63, 3.8) is 0 Å². The van der Waals surface area contributed by atoms with Crippen LogP contribution in [0.5, 0.6) is 0 Å². The standard InChI is InChI=1S/C16H19N5O3/c22-15(23)6-10-8-20(9-12(10)13-7-17-19-18-13)16(24)14-2-1-5-21(14)11-3-4-11/h1-2,5,7,10-12H,3-4,6,8-9H2,(H,22,23)(H,17,18,19)/t10-,12+/m1/s1. The first-order valence-electron chi connectivity index (χ1n) is 8.17. The summed E-state index contributed by atoms with van der Waals surface area (Å²) < 4.78 is 2.04. The second-order valence-corrected chi connectivity index (χ2v) is 6.60. The molecule has 1 aliphatic heterocycles. The number of hydrogen-bond acceptors (Lipinski definition) is 4. The summed E-state index contributed by atoms with van der Waals surface area (Å²) in [5.74, 6) is -1.15. The zero-order valence-corrected chi connectivity index (χ0v) is 13.1. The highest BCUT2D eigenvalue weighted by Crippen LogP contribution is 2.38. The molecule has 1 aliphatic carbocycles. The Labute approximate surface area is 138 Å². The Hall–Kier alpha value is -2.64. The van der Waals surface area contributed by atoms with Crippen molar-refractivity contribution in [3.05, 3.63) is 35.9 Å². The van der Waals surface area contributed by atoms with E-state index in [2.05, 4.69) is 15.4 Å². The fourth-order valence-electron chi connectivity index (χ4n) is 3.60. The molecule has 2 N–H and O–H groups in total. The Morgan fingerprint density at radius 2 is 2.17 bits per heavy atom. The third kappa shape index (κ3) is 2.68. The number of likely N-dealkylation sites (tertiary alicyclic amines) is 1. The van der Waals surface area contributed by atoms with Crippen LogP contribution in [0.15, 0.2) is 24.5 Å². The number of carboxylic acid groups (broad SMARTS) is 1. The van der Waals surface area contributed by atoms with Crippen LogP contribution in [0.1, 0.15) is 47.4 Å². The minimum Gasteiger partial charge on any atom is -0.481 e. The lowest BCUT2D eigenvalue weighted by atomic mass is 9.91. The van der Waals surface area contributed by atoms with Crippen molar-refractivity contribution < 1.29 is 14.7 Å². The number of nitrogens with zero attached hydrogens (tertiary/aromatic N) is 4. The number of carbonyl (C=O) groups excluding carboxylic acids is 1. The van der Waals surface area contributed by atoms with Crippen LogP contribution < -0.4 is 0 Å². The molecule has 1 amide bonds. The van der Waals surface area contributed by atoms with Crippen LogP contribution in [-0.4, -0.2) is 55.0 Å². The van der Waals surface area contributed by atoms with Gasteiger partial charge in [-0.25, -0.2) is 0 Å².